The lowest BCUT2D eigenvalue weighted by atomic mass is 9.80. The molecule has 34 heavy (non-hydrogen) atoms. The minimum Gasteiger partial charge on any atom is -0.390 e. The second-order valence-electron chi connectivity index (χ2n) is 9.42. The van der Waals surface area contributed by atoms with E-state index in [4.69, 9.17) is 22.1 Å². The molecule has 1 aliphatic carbocycles. The van der Waals surface area contributed by atoms with Crippen molar-refractivity contribution >= 4 is 55.3 Å². The Hall–Kier alpha value is -2.30. The minimum absolute atomic E-state index is 0.0663. The largest absolute Gasteiger partial charge is 0.390 e. The summed E-state index contributed by atoms with van der Waals surface area (Å²) < 4.78 is 8.83. The van der Waals surface area contributed by atoms with Gasteiger partial charge in [-0.2, -0.15) is 0 Å². The summed E-state index contributed by atoms with van der Waals surface area (Å²) in [7, 11) is 0. The van der Waals surface area contributed by atoms with Gasteiger partial charge in [0.2, 0.25) is 0 Å². The summed E-state index contributed by atoms with van der Waals surface area (Å²) >= 11 is 9.58. The summed E-state index contributed by atoms with van der Waals surface area (Å²) in [4.78, 5) is 12.9. The molecule has 176 valence electrons. The second-order valence-corrected chi connectivity index (χ2v) is 10.6. The summed E-state index contributed by atoms with van der Waals surface area (Å²) in [5.74, 6) is 0.397. The molecule has 1 saturated heterocycles. The Balaban J connectivity index is 1.23. The predicted molar refractivity (Wildman–Crippen MR) is 133 cm³/mol. The van der Waals surface area contributed by atoms with Crippen LogP contribution in [0.5, 0.6) is 0 Å². The van der Waals surface area contributed by atoms with E-state index in [-0.39, 0.29) is 12.1 Å². The first-order valence-electron chi connectivity index (χ1n) is 11.1. The van der Waals surface area contributed by atoms with E-state index in [1.54, 1.807) is 0 Å². The van der Waals surface area contributed by atoms with Crippen molar-refractivity contribution in [1.29, 1.82) is 0 Å². The predicted octanol–water partition coefficient (Wildman–Crippen LogP) is 3.66. The van der Waals surface area contributed by atoms with E-state index in [0.717, 1.165) is 26.3 Å². The minimum atomic E-state index is -0.931. The van der Waals surface area contributed by atoms with Crippen LogP contribution in [0.2, 0.25) is 5.15 Å². The number of halogens is 2. The Labute approximate surface area is 208 Å². The maximum atomic E-state index is 11.1. The van der Waals surface area contributed by atoms with Gasteiger partial charge in [0.05, 0.1) is 40.2 Å². The van der Waals surface area contributed by atoms with Gasteiger partial charge in [-0.1, -0.05) is 23.7 Å². The third-order valence-electron chi connectivity index (χ3n) is 7.35. The molecule has 2 aliphatic rings. The Kier molecular flexibility index (Phi) is 5.31. The topological polar surface area (TPSA) is 119 Å². The van der Waals surface area contributed by atoms with Crippen molar-refractivity contribution in [2.75, 3.05) is 12.3 Å². The van der Waals surface area contributed by atoms with Gasteiger partial charge in [0.25, 0.3) is 0 Å². The number of rotatable bonds is 3. The van der Waals surface area contributed by atoms with Crippen LogP contribution in [0.3, 0.4) is 0 Å². The monoisotopic (exact) mass is 543 g/mol. The number of fused-ring (bicyclic) bond motifs is 2. The number of anilines is 1. The molecule has 2 fully saturated rings. The molecule has 4 N–H and O–H groups in total. The lowest BCUT2D eigenvalue weighted by Gasteiger charge is -2.26. The fourth-order valence-corrected chi connectivity index (χ4v) is 6.12. The normalized spacial score (nSPS) is 29.1. The zero-order valence-corrected chi connectivity index (χ0v) is 20.4. The number of pyridine rings is 1. The molecule has 6 rings (SSSR count). The number of aliphatic hydroxyl groups excluding tert-OH is 2. The Morgan fingerprint density at radius 3 is 2.91 bits per heavy atom. The van der Waals surface area contributed by atoms with Crippen LogP contribution in [-0.4, -0.2) is 54.7 Å². The van der Waals surface area contributed by atoms with E-state index >= 15 is 0 Å². The average Bonchev–Trinajstić information content (AvgIpc) is 3.49. The van der Waals surface area contributed by atoms with Crippen molar-refractivity contribution in [3.05, 3.63) is 58.0 Å². The van der Waals surface area contributed by atoms with Crippen molar-refractivity contribution in [2.45, 2.75) is 43.6 Å². The van der Waals surface area contributed by atoms with Crippen molar-refractivity contribution in [1.82, 2.24) is 19.5 Å². The lowest BCUT2D eigenvalue weighted by molar-refractivity contribution is -0.0308. The van der Waals surface area contributed by atoms with E-state index in [1.807, 2.05) is 35.0 Å². The molecule has 10 heteroatoms. The Morgan fingerprint density at radius 1 is 1.21 bits per heavy atom. The van der Waals surface area contributed by atoms with E-state index in [1.165, 1.54) is 6.33 Å². The van der Waals surface area contributed by atoms with Gasteiger partial charge in [0, 0.05) is 17.0 Å². The van der Waals surface area contributed by atoms with Crippen LogP contribution in [0.25, 0.3) is 21.9 Å². The third-order valence-corrected chi connectivity index (χ3v) is 8.48. The number of nitrogen functional groups attached to an aromatic ring is 1. The number of nitrogens with zero attached hydrogens (tertiary/aromatic N) is 4. The van der Waals surface area contributed by atoms with Crippen LogP contribution >= 0.6 is 27.5 Å². The van der Waals surface area contributed by atoms with E-state index in [9.17, 15) is 10.2 Å². The maximum absolute atomic E-state index is 11.1. The molecule has 8 nitrogen and oxygen atoms in total. The Bertz CT molecular complexity index is 1410. The first-order valence-corrected chi connectivity index (χ1v) is 12.3. The molecule has 1 spiro atoms. The van der Waals surface area contributed by atoms with Gasteiger partial charge in [-0.25, -0.2) is 15.0 Å². The first kappa shape index (κ1) is 22.2. The zero-order valence-electron chi connectivity index (χ0n) is 18.1. The van der Waals surface area contributed by atoms with Crippen molar-refractivity contribution in [3.63, 3.8) is 0 Å². The number of benzene rings is 1. The fraction of sp³-hybridized carbons (Fsp3) is 0.375. The van der Waals surface area contributed by atoms with Crippen LogP contribution in [0.15, 0.2) is 47.3 Å². The molecule has 0 unspecified atom stereocenters. The number of hydrogen-bond acceptors (Lipinski definition) is 7. The first-order chi connectivity index (χ1) is 16.3. The highest BCUT2D eigenvalue weighted by atomic mass is 79.9. The van der Waals surface area contributed by atoms with Gasteiger partial charge in [0.15, 0.2) is 0 Å². The summed E-state index contributed by atoms with van der Waals surface area (Å²) in [6.07, 6.45) is 3.31. The van der Waals surface area contributed by atoms with E-state index in [0.29, 0.717) is 42.5 Å². The SMILES string of the molecule is Nc1ncnc2c1ccn2[C@@H]1C[C@@]2(CO[C@H](Cc3ccc4cc(Br)c(Cl)nc4c3)C2)[C@@H](O)[C@H]1O. The van der Waals surface area contributed by atoms with Gasteiger partial charge in [-0.3, -0.25) is 0 Å². The van der Waals surface area contributed by atoms with Crippen LogP contribution in [0.1, 0.15) is 24.4 Å². The molecule has 0 bridgehead atoms. The van der Waals surface area contributed by atoms with Gasteiger partial charge >= 0.3 is 0 Å². The number of aromatic nitrogens is 4. The highest BCUT2D eigenvalue weighted by Gasteiger charge is 2.57. The molecule has 0 radical (unpaired) electrons. The number of ether oxygens (including phenoxy) is 1. The summed E-state index contributed by atoms with van der Waals surface area (Å²) in [5.41, 5.74) is 8.03. The quantitative estimate of drug-likeness (QED) is 0.337. The van der Waals surface area contributed by atoms with Gasteiger partial charge in [-0.05, 0) is 59.0 Å². The molecular formula is C24H23BrClN5O3. The maximum Gasteiger partial charge on any atom is 0.145 e. The molecule has 3 aromatic heterocycles. The average molecular weight is 545 g/mol. The highest BCUT2D eigenvalue weighted by Crippen LogP contribution is 2.52. The summed E-state index contributed by atoms with van der Waals surface area (Å²) in [6.45, 7) is 0.396. The summed E-state index contributed by atoms with van der Waals surface area (Å²) in [5, 5.41) is 24.3. The highest BCUT2D eigenvalue weighted by molar-refractivity contribution is 9.10. The number of hydrogen-bond donors (Lipinski definition) is 3. The Morgan fingerprint density at radius 2 is 2.06 bits per heavy atom. The van der Waals surface area contributed by atoms with E-state index in [2.05, 4.69) is 36.9 Å². The van der Waals surface area contributed by atoms with Crippen LogP contribution in [0.4, 0.5) is 5.82 Å². The van der Waals surface area contributed by atoms with Crippen LogP contribution in [-0.2, 0) is 11.2 Å². The molecule has 0 amide bonds. The molecule has 1 saturated carbocycles. The second kappa shape index (κ2) is 8.13. The molecule has 4 heterocycles. The van der Waals surface area contributed by atoms with Crippen molar-refractivity contribution in [2.24, 2.45) is 5.41 Å². The standard InChI is InChI=1S/C24H23BrClN5O3/c25-16-7-13-2-1-12(6-17(13)30-21(16)26)5-14-8-24(10-34-14)9-18(19(32)20(24)33)31-4-3-15-22(27)28-11-29-23(15)31/h1-4,6-7,11,14,18-20,32-33H,5,8-10H2,(H2,27,28,29)/t14-,18-,19+,20+,24+/m1/s1. The van der Waals surface area contributed by atoms with Gasteiger partial charge < -0.3 is 25.3 Å². The van der Waals surface area contributed by atoms with E-state index < -0.39 is 17.6 Å². The lowest BCUT2D eigenvalue weighted by Crippen LogP contribution is -2.37. The molecule has 1 aliphatic heterocycles. The number of aliphatic hydroxyl groups is 2. The van der Waals surface area contributed by atoms with Crippen molar-refractivity contribution in [3.8, 4) is 0 Å². The third kappa shape index (κ3) is 3.49. The fourth-order valence-electron chi connectivity index (χ4n) is 5.64. The van der Waals surface area contributed by atoms with Gasteiger partial charge in [0.1, 0.15) is 29.0 Å². The van der Waals surface area contributed by atoms with Crippen LogP contribution in [0, 0.1) is 5.41 Å². The molecule has 5 atom stereocenters. The van der Waals surface area contributed by atoms with Gasteiger partial charge in [-0.15, -0.1) is 0 Å². The smallest absolute Gasteiger partial charge is 0.145 e. The number of nitrogens with two attached hydrogens (primary N) is 1. The molecule has 1 aromatic carbocycles. The molecule has 4 aromatic rings. The van der Waals surface area contributed by atoms with Crippen molar-refractivity contribution < 1.29 is 14.9 Å². The van der Waals surface area contributed by atoms with Crippen LogP contribution < -0.4 is 5.73 Å². The zero-order chi connectivity index (χ0) is 23.6. The summed E-state index contributed by atoms with van der Waals surface area (Å²) in [6, 6.07) is 9.60. The molecular weight excluding hydrogens is 522 g/mol.